The Hall–Kier alpha value is -1.79. The Morgan fingerprint density at radius 1 is 1.32 bits per heavy atom. The summed E-state index contributed by atoms with van der Waals surface area (Å²) >= 11 is 6.23. The molecule has 2 fully saturated rings. The fourth-order valence-corrected chi connectivity index (χ4v) is 4.49. The molecule has 1 spiro atoms. The van der Waals surface area contributed by atoms with E-state index in [9.17, 15) is 9.59 Å². The number of halogens is 1. The highest BCUT2D eigenvalue weighted by Crippen LogP contribution is 2.38. The molecule has 3 amide bonds. The number of benzene rings is 1. The van der Waals surface area contributed by atoms with Gasteiger partial charge in [-0.05, 0) is 62.6 Å². The number of piperidine rings is 1. The fourth-order valence-electron chi connectivity index (χ4n) is 4.21. The number of anilines is 1. The zero-order valence-corrected chi connectivity index (χ0v) is 17.5. The number of hydrogen-bond donors (Lipinski definition) is 2. The van der Waals surface area contributed by atoms with Crippen LogP contribution in [0.5, 0.6) is 0 Å². The SMILES string of the molecule is CC(=O)NCCC1CCOC2(CCN(C(=O)Nc3ccc(C)cc3Cl)CC2)C1. The number of carbonyl (C=O) groups is 2. The largest absolute Gasteiger partial charge is 0.375 e. The molecule has 3 rings (SSSR count). The smallest absolute Gasteiger partial charge is 0.321 e. The van der Waals surface area contributed by atoms with Gasteiger partial charge in [-0.3, -0.25) is 4.79 Å². The molecule has 2 aliphatic rings. The van der Waals surface area contributed by atoms with Crippen LogP contribution in [0.1, 0.15) is 44.6 Å². The van der Waals surface area contributed by atoms with E-state index in [0.717, 1.165) is 50.8 Å². The minimum Gasteiger partial charge on any atom is -0.375 e. The summed E-state index contributed by atoms with van der Waals surface area (Å²) in [7, 11) is 0. The molecular weight excluding hydrogens is 378 g/mol. The molecule has 1 atom stereocenters. The highest BCUT2D eigenvalue weighted by molar-refractivity contribution is 6.33. The fraction of sp³-hybridized carbons (Fsp3) is 0.619. The van der Waals surface area contributed by atoms with Crippen LogP contribution < -0.4 is 10.6 Å². The van der Waals surface area contributed by atoms with E-state index < -0.39 is 0 Å². The predicted molar refractivity (Wildman–Crippen MR) is 111 cm³/mol. The Morgan fingerprint density at radius 3 is 2.75 bits per heavy atom. The molecular formula is C21H30ClN3O3. The van der Waals surface area contributed by atoms with Gasteiger partial charge in [0, 0.05) is 33.2 Å². The van der Waals surface area contributed by atoms with Gasteiger partial charge in [-0.1, -0.05) is 17.7 Å². The summed E-state index contributed by atoms with van der Waals surface area (Å²) in [6, 6.07) is 5.51. The van der Waals surface area contributed by atoms with E-state index in [1.165, 1.54) is 0 Å². The third kappa shape index (κ3) is 5.39. The number of rotatable bonds is 4. The predicted octanol–water partition coefficient (Wildman–Crippen LogP) is 3.97. The number of hydrogen-bond acceptors (Lipinski definition) is 3. The van der Waals surface area contributed by atoms with Crippen LogP contribution in [0.4, 0.5) is 10.5 Å². The van der Waals surface area contributed by atoms with Crippen LogP contribution in [0.2, 0.25) is 5.02 Å². The monoisotopic (exact) mass is 407 g/mol. The number of likely N-dealkylation sites (tertiary alicyclic amines) is 1. The van der Waals surface area contributed by atoms with Crippen molar-refractivity contribution in [2.75, 3.05) is 31.6 Å². The Kier molecular flexibility index (Phi) is 6.83. The molecule has 0 saturated carbocycles. The summed E-state index contributed by atoms with van der Waals surface area (Å²) in [6.45, 7) is 6.35. The number of nitrogens with zero attached hydrogens (tertiary/aromatic N) is 1. The molecule has 7 heteroatoms. The van der Waals surface area contributed by atoms with Gasteiger partial charge in [-0.15, -0.1) is 0 Å². The molecule has 0 aliphatic carbocycles. The normalized spacial score (nSPS) is 21.4. The number of ether oxygens (including phenoxy) is 1. The van der Waals surface area contributed by atoms with Gasteiger partial charge in [0.1, 0.15) is 0 Å². The third-order valence-electron chi connectivity index (χ3n) is 5.85. The van der Waals surface area contributed by atoms with Crippen LogP contribution in [-0.4, -0.2) is 48.7 Å². The molecule has 0 aromatic heterocycles. The van der Waals surface area contributed by atoms with E-state index >= 15 is 0 Å². The van der Waals surface area contributed by atoms with Crippen molar-refractivity contribution in [2.45, 2.75) is 51.6 Å². The molecule has 154 valence electrons. The number of urea groups is 1. The number of amides is 3. The highest BCUT2D eigenvalue weighted by atomic mass is 35.5. The van der Waals surface area contributed by atoms with Crippen LogP contribution in [0.25, 0.3) is 0 Å². The van der Waals surface area contributed by atoms with E-state index in [-0.39, 0.29) is 17.5 Å². The van der Waals surface area contributed by atoms with Crippen LogP contribution in [-0.2, 0) is 9.53 Å². The standard InChI is InChI=1S/C21H30ClN3O3/c1-15-3-4-19(18(22)13-15)24-20(27)25-10-7-21(8-11-25)14-17(6-12-28-21)5-9-23-16(2)26/h3-4,13,17H,5-12,14H2,1-2H3,(H,23,26)(H,24,27). The summed E-state index contributed by atoms with van der Waals surface area (Å²) in [5, 5.41) is 6.36. The second-order valence-electron chi connectivity index (χ2n) is 8.06. The van der Waals surface area contributed by atoms with Crippen LogP contribution >= 0.6 is 11.6 Å². The van der Waals surface area contributed by atoms with Crippen molar-refractivity contribution in [3.8, 4) is 0 Å². The molecule has 0 radical (unpaired) electrons. The van der Waals surface area contributed by atoms with E-state index in [1.54, 1.807) is 6.92 Å². The second-order valence-corrected chi connectivity index (χ2v) is 8.47. The van der Waals surface area contributed by atoms with Gasteiger partial charge in [0.2, 0.25) is 5.91 Å². The summed E-state index contributed by atoms with van der Waals surface area (Å²) in [5.74, 6) is 0.585. The lowest BCUT2D eigenvalue weighted by molar-refractivity contribution is -0.124. The average Bonchev–Trinajstić information content (AvgIpc) is 2.64. The second kappa shape index (κ2) is 9.14. The molecule has 6 nitrogen and oxygen atoms in total. The number of nitrogens with one attached hydrogen (secondary N) is 2. The third-order valence-corrected chi connectivity index (χ3v) is 6.16. The van der Waals surface area contributed by atoms with Crippen molar-refractivity contribution in [2.24, 2.45) is 5.92 Å². The number of aryl methyl sites for hydroxylation is 1. The zero-order valence-electron chi connectivity index (χ0n) is 16.7. The van der Waals surface area contributed by atoms with Crippen LogP contribution in [0.15, 0.2) is 18.2 Å². The molecule has 2 heterocycles. The highest BCUT2D eigenvalue weighted by Gasteiger charge is 2.41. The first kappa shape index (κ1) is 20.9. The van der Waals surface area contributed by atoms with Gasteiger partial charge in [-0.25, -0.2) is 4.79 Å². The van der Waals surface area contributed by atoms with Crippen LogP contribution in [0, 0.1) is 12.8 Å². The lowest BCUT2D eigenvalue weighted by atomic mass is 9.78. The van der Waals surface area contributed by atoms with E-state index in [0.29, 0.717) is 29.7 Å². The molecule has 2 aliphatic heterocycles. The van der Waals surface area contributed by atoms with Gasteiger partial charge in [0.15, 0.2) is 0 Å². The molecule has 2 saturated heterocycles. The van der Waals surface area contributed by atoms with Crippen molar-refractivity contribution in [1.29, 1.82) is 0 Å². The Labute approximate surface area is 171 Å². The molecule has 1 aromatic rings. The lowest BCUT2D eigenvalue weighted by Gasteiger charge is -2.46. The maximum absolute atomic E-state index is 12.6. The van der Waals surface area contributed by atoms with Gasteiger partial charge >= 0.3 is 6.03 Å². The summed E-state index contributed by atoms with van der Waals surface area (Å²) in [6.07, 6.45) is 4.72. The molecule has 2 N–H and O–H groups in total. The minimum atomic E-state index is -0.128. The van der Waals surface area contributed by atoms with Crippen molar-refractivity contribution >= 4 is 29.2 Å². The zero-order chi connectivity index (χ0) is 20.1. The van der Waals surface area contributed by atoms with Gasteiger partial charge in [0.25, 0.3) is 0 Å². The Bertz CT molecular complexity index is 717. The maximum Gasteiger partial charge on any atom is 0.321 e. The van der Waals surface area contributed by atoms with Gasteiger partial charge in [0.05, 0.1) is 16.3 Å². The Balaban J connectivity index is 1.50. The molecule has 1 unspecified atom stereocenters. The topological polar surface area (TPSA) is 70.7 Å². The van der Waals surface area contributed by atoms with E-state index in [1.807, 2.05) is 30.0 Å². The Morgan fingerprint density at radius 2 is 2.07 bits per heavy atom. The average molecular weight is 408 g/mol. The van der Waals surface area contributed by atoms with Gasteiger partial charge in [-0.2, -0.15) is 0 Å². The summed E-state index contributed by atoms with van der Waals surface area (Å²) in [5.41, 5.74) is 1.58. The van der Waals surface area contributed by atoms with Crippen LogP contribution in [0.3, 0.4) is 0 Å². The summed E-state index contributed by atoms with van der Waals surface area (Å²) < 4.78 is 6.18. The van der Waals surface area contributed by atoms with Crippen molar-refractivity contribution < 1.29 is 14.3 Å². The van der Waals surface area contributed by atoms with Crippen molar-refractivity contribution in [3.63, 3.8) is 0 Å². The lowest BCUT2D eigenvalue weighted by Crippen LogP contribution is -2.51. The first-order chi connectivity index (χ1) is 13.4. The first-order valence-corrected chi connectivity index (χ1v) is 10.5. The quantitative estimate of drug-likeness (QED) is 0.793. The first-order valence-electron chi connectivity index (χ1n) is 10.1. The molecule has 1 aromatic carbocycles. The maximum atomic E-state index is 12.6. The molecule has 28 heavy (non-hydrogen) atoms. The summed E-state index contributed by atoms with van der Waals surface area (Å²) in [4.78, 5) is 25.5. The van der Waals surface area contributed by atoms with Gasteiger partial charge < -0.3 is 20.3 Å². The van der Waals surface area contributed by atoms with Crippen molar-refractivity contribution in [3.05, 3.63) is 28.8 Å². The van der Waals surface area contributed by atoms with Crippen molar-refractivity contribution in [1.82, 2.24) is 10.2 Å². The minimum absolute atomic E-state index is 0.0229. The molecule has 0 bridgehead atoms. The van der Waals surface area contributed by atoms with E-state index in [2.05, 4.69) is 10.6 Å². The van der Waals surface area contributed by atoms with E-state index in [4.69, 9.17) is 16.3 Å². The number of carbonyl (C=O) groups excluding carboxylic acids is 2.